The Morgan fingerprint density at radius 2 is 2.05 bits per heavy atom. The Hall–Kier alpha value is -2.66. The summed E-state index contributed by atoms with van der Waals surface area (Å²) in [6.45, 7) is -0.0672. The summed E-state index contributed by atoms with van der Waals surface area (Å²) in [5.74, 6) is -0.208. The van der Waals surface area contributed by atoms with Gasteiger partial charge in [0.15, 0.2) is 0 Å². The van der Waals surface area contributed by atoms with Gasteiger partial charge in [-0.1, -0.05) is 12.1 Å². The number of aliphatic hydroxyl groups is 1. The minimum absolute atomic E-state index is 0.00511. The van der Waals surface area contributed by atoms with Crippen molar-refractivity contribution in [3.05, 3.63) is 59.2 Å². The van der Waals surface area contributed by atoms with Gasteiger partial charge in [0.2, 0.25) is 5.91 Å². The van der Waals surface area contributed by atoms with E-state index in [0.29, 0.717) is 24.1 Å². The zero-order valence-electron chi connectivity index (χ0n) is 11.9. The van der Waals surface area contributed by atoms with Crippen molar-refractivity contribution < 1.29 is 14.7 Å². The summed E-state index contributed by atoms with van der Waals surface area (Å²) in [6.07, 6.45) is 1.08. The van der Waals surface area contributed by atoms with Gasteiger partial charge in [0, 0.05) is 23.4 Å². The van der Waals surface area contributed by atoms with E-state index >= 15 is 0 Å². The van der Waals surface area contributed by atoms with Crippen LogP contribution in [0.15, 0.2) is 42.5 Å². The number of carbonyl (C=O) groups excluding carboxylic acids is 2. The number of fused-ring (bicyclic) bond motifs is 1. The van der Waals surface area contributed by atoms with E-state index in [0.717, 1.165) is 16.8 Å². The number of aryl methyl sites for hydroxylation is 1. The molecule has 2 aromatic carbocycles. The number of hydrogen-bond acceptors (Lipinski definition) is 3. The fraction of sp³-hybridized carbons (Fsp3) is 0.176. The average molecular weight is 296 g/mol. The van der Waals surface area contributed by atoms with Crippen LogP contribution in [0.4, 0.5) is 11.4 Å². The van der Waals surface area contributed by atoms with Gasteiger partial charge in [0.05, 0.1) is 6.61 Å². The Balaban J connectivity index is 1.79. The quantitative estimate of drug-likeness (QED) is 0.813. The van der Waals surface area contributed by atoms with Crippen LogP contribution in [0.1, 0.15) is 27.9 Å². The molecule has 0 aromatic heterocycles. The van der Waals surface area contributed by atoms with Gasteiger partial charge >= 0.3 is 0 Å². The highest BCUT2D eigenvalue weighted by atomic mass is 16.3. The first-order chi connectivity index (χ1) is 10.7. The van der Waals surface area contributed by atoms with Crippen LogP contribution in [0.25, 0.3) is 0 Å². The molecular weight excluding hydrogens is 280 g/mol. The van der Waals surface area contributed by atoms with Crippen LogP contribution in [-0.2, 0) is 17.8 Å². The highest BCUT2D eigenvalue weighted by Crippen LogP contribution is 2.24. The van der Waals surface area contributed by atoms with Gasteiger partial charge in [0.25, 0.3) is 5.91 Å². The molecule has 0 spiro atoms. The number of amides is 2. The maximum atomic E-state index is 12.3. The highest BCUT2D eigenvalue weighted by Gasteiger charge is 2.16. The second kappa shape index (κ2) is 5.99. The van der Waals surface area contributed by atoms with Crippen LogP contribution < -0.4 is 10.6 Å². The normalized spacial score (nSPS) is 13.2. The van der Waals surface area contributed by atoms with Crippen LogP contribution in [0.2, 0.25) is 0 Å². The zero-order chi connectivity index (χ0) is 15.5. The molecule has 3 rings (SSSR count). The molecule has 0 fully saturated rings. The molecule has 2 aromatic rings. The summed E-state index contributed by atoms with van der Waals surface area (Å²) in [4.78, 5) is 23.6. The van der Waals surface area contributed by atoms with Crippen molar-refractivity contribution in [2.45, 2.75) is 19.4 Å². The molecule has 0 saturated heterocycles. The Bertz CT molecular complexity index is 740. The topological polar surface area (TPSA) is 78.4 Å². The monoisotopic (exact) mass is 296 g/mol. The number of anilines is 2. The zero-order valence-corrected chi connectivity index (χ0v) is 11.9. The summed E-state index contributed by atoms with van der Waals surface area (Å²) in [5.41, 5.74) is 3.67. The summed E-state index contributed by atoms with van der Waals surface area (Å²) in [7, 11) is 0. The van der Waals surface area contributed by atoms with Crippen molar-refractivity contribution in [1.29, 1.82) is 0 Å². The van der Waals surface area contributed by atoms with E-state index in [2.05, 4.69) is 10.6 Å². The highest BCUT2D eigenvalue weighted by molar-refractivity contribution is 6.05. The number of carbonyl (C=O) groups is 2. The third-order valence-corrected chi connectivity index (χ3v) is 3.63. The van der Waals surface area contributed by atoms with E-state index in [1.165, 1.54) is 0 Å². The largest absolute Gasteiger partial charge is 0.392 e. The van der Waals surface area contributed by atoms with Gasteiger partial charge in [-0.15, -0.1) is 0 Å². The maximum absolute atomic E-state index is 12.3. The van der Waals surface area contributed by atoms with Crippen molar-refractivity contribution in [2.24, 2.45) is 0 Å². The molecule has 112 valence electrons. The Morgan fingerprint density at radius 3 is 2.86 bits per heavy atom. The van der Waals surface area contributed by atoms with E-state index in [1.54, 1.807) is 42.5 Å². The van der Waals surface area contributed by atoms with Crippen LogP contribution >= 0.6 is 0 Å². The molecule has 1 aliphatic rings. The number of hydrogen-bond donors (Lipinski definition) is 3. The molecule has 0 saturated carbocycles. The fourth-order valence-electron chi connectivity index (χ4n) is 2.48. The second-order valence-electron chi connectivity index (χ2n) is 5.23. The van der Waals surface area contributed by atoms with Gasteiger partial charge in [-0.2, -0.15) is 0 Å². The van der Waals surface area contributed by atoms with Crippen molar-refractivity contribution in [3.8, 4) is 0 Å². The van der Waals surface area contributed by atoms with Gasteiger partial charge in [-0.25, -0.2) is 0 Å². The number of rotatable bonds is 3. The minimum atomic E-state index is -0.213. The average Bonchev–Trinajstić information content (AvgIpc) is 2.54. The molecule has 0 unspecified atom stereocenters. The van der Waals surface area contributed by atoms with E-state index < -0.39 is 0 Å². The molecule has 0 atom stereocenters. The summed E-state index contributed by atoms with van der Waals surface area (Å²) in [5, 5.41) is 14.7. The number of aliphatic hydroxyl groups excluding tert-OH is 1. The summed E-state index contributed by atoms with van der Waals surface area (Å²) in [6, 6.07) is 12.3. The molecule has 0 radical (unpaired) electrons. The van der Waals surface area contributed by atoms with Crippen molar-refractivity contribution in [3.63, 3.8) is 0 Å². The molecule has 1 aliphatic heterocycles. The first kappa shape index (κ1) is 14.3. The van der Waals surface area contributed by atoms with Gasteiger partial charge < -0.3 is 15.7 Å². The smallest absolute Gasteiger partial charge is 0.255 e. The van der Waals surface area contributed by atoms with Crippen molar-refractivity contribution >= 4 is 23.2 Å². The van der Waals surface area contributed by atoms with E-state index in [9.17, 15) is 9.59 Å². The Labute approximate surface area is 128 Å². The first-order valence-corrected chi connectivity index (χ1v) is 7.09. The van der Waals surface area contributed by atoms with E-state index in [-0.39, 0.29) is 18.4 Å². The van der Waals surface area contributed by atoms with Gasteiger partial charge in [0.1, 0.15) is 0 Å². The second-order valence-corrected chi connectivity index (χ2v) is 5.23. The third-order valence-electron chi connectivity index (χ3n) is 3.63. The van der Waals surface area contributed by atoms with Crippen molar-refractivity contribution in [2.75, 3.05) is 10.6 Å². The molecule has 5 nitrogen and oxygen atoms in total. The molecule has 0 bridgehead atoms. The first-order valence-electron chi connectivity index (χ1n) is 7.09. The van der Waals surface area contributed by atoms with Crippen LogP contribution in [0.5, 0.6) is 0 Å². The molecule has 22 heavy (non-hydrogen) atoms. The maximum Gasteiger partial charge on any atom is 0.255 e. The Kier molecular flexibility index (Phi) is 3.89. The molecule has 1 heterocycles. The fourth-order valence-corrected chi connectivity index (χ4v) is 2.48. The van der Waals surface area contributed by atoms with E-state index in [4.69, 9.17) is 5.11 Å². The molecule has 5 heteroatoms. The molecule has 2 amide bonds. The van der Waals surface area contributed by atoms with Crippen LogP contribution in [0, 0.1) is 0 Å². The number of benzene rings is 2. The lowest BCUT2D eigenvalue weighted by Gasteiger charge is -2.17. The van der Waals surface area contributed by atoms with Crippen LogP contribution in [-0.4, -0.2) is 16.9 Å². The standard InChI is InChI=1S/C17H16N2O3/c20-10-11-2-1-3-14(8-11)18-17(22)13-4-6-15-12(9-13)5-7-16(21)19-15/h1-4,6,8-9,20H,5,7,10H2,(H,18,22)(H,19,21). The third kappa shape index (κ3) is 2.99. The van der Waals surface area contributed by atoms with Gasteiger partial charge in [-0.05, 0) is 47.9 Å². The number of nitrogens with one attached hydrogen (secondary N) is 2. The molecule has 3 N–H and O–H groups in total. The minimum Gasteiger partial charge on any atom is -0.392 e. The summed E-state index contributed by atoms with van der Waals surface area (Å²) < 4.78 is 0. The summed E-state index contributed by atoms with van der Waals surface area (Å²) >= 11 is 0. The lowest BCUT2D eigenvalue weighted by atomic mass is 10.00. The lowest BCUT2D eigenvalue weighted by molar-refractivity contribution is -0.116. The predicted octanol–water partition coefficient (Wildman–Crippen LogP) is 2.32. The molecule has 0 aliphatic carbocycles. The van der Waals surface area contributed by atoms with Crippen molar-refractivity contribution in [1.82, 2.24) is 0 Å². The predicted molar refractivity (Wildman–Crippen MR) is 83.7 cm³/mol. The Morgan fingerprint density at radius 1 is 1.18 bits per heavy atom. The lowest BCUT2D eigenvalue weighted by Crippen LogP contribution is -2.20. The van der Waals surface area contributed by atoms with Gasteiger partial charge in [-0.3, -0.25) is 9.59 Å². The SMILES string of the molecule is O=C1CCc2cc(C(=O)Nc3cccc(CO)c3)ccc2N1. The van der Waals surface area contributed by atoms with Crippen LogP contribution in [0.3, 0.4) is 0 Å². The van der Waals surface area contributed by atoms with E-state index in [1.807, 2.05) is 0 Å². The molecular formula is C17H16N2O3.